The molecular weight excluding hydrogens is 220 g/mol. The molecule has 2 N–H and O–H groups in total. The summed E-state index contributed by atoms with van der Waals surface area (Å²) in [6.45, 7) is 9.50. The van der Waals surface area contributed by atoms with Crippen LogP contribution in [-0.4, -0.2) is 22.8 Å². The molecule has 1 rings (SSSR count). The van der Waals surface area contributed by atoms with Crippen molar-refractivity contribution in [2.24, 2.45) is 5.41 Å². The first-order chi connectivity index (χ1) is 7.75. The summed E-state index contributed by atoms with van der Waals surface area (Å²) in [5.74, 6) is -0.0356. The molecule has 0 saturated heterocycles. The standard InChI is InChI=1S/C12H20N2O3/c1-7(10-8(2)14-17-9(10)3)13-6-12(4,5)11(15)16/h7,13H,6H2,1-5H3,(H,15,16). The number of aliphatic carboxylic acids is 1. The number of hydrogen-bond acceptors (Lipinski definition) is 4. The minimum Gasteiger partial charge on any atom is -0.481 e. The van der Waals surface area contributed by atoms with Gasteiger partial charge in [0.1, 0.15) is 5.76 Å². The van der Waals surface area contributed by atoms with Gasteiger partial charge < -0.3 is 14.9 Å². The lowest BCUT2D eigenvalue weighted by molar-refractivity contribution is -0.146. The highest BCUT2D eigenvalue weighted by Gasteiger charge is 2.28. The van der Waals surface area contributed by atoms with E-state index in [0.717, 1.165) is 17.0 Å². The number of hydrogen-bond donors (Lipinski definition) is 2. The van der Waals surface area contributed by atoms with Crippen molar-refractivity contribution >= 4 is 5.97 Å². The molecule has 1 atom stereocenters. The third-order valence-electron chi connectivity index (χ3n) is 2.95. The van der Waals surface area contributed by atoms with Crippen molar-refractivity contribution in [2.45, 2.75) is 40.7 Å². The summed E-state index contributed by atoms with van der Waals surface area (Å²) in [5.41, 5.74) is 1.06. The van der Waals surface area contributed by atoms with Crippen LogP contribution < -0.4 is 5.32 Å². The molecule has 0 aromatic carbocycles. The number of carboxylic acids is 1. The first-order valence-electron chi connectivity index (χ1n) is 5.65. The number of rotatable bonds is 5. The smallest absolute Gasteiger partial charge is 0.310 e. The lowest BCUT2D eigenvalue weighted by Crippen LogP contribution is -2.37. The van der Waals surface area contributed by atoms with Gasteiger partial charge >= 0.3 is 5.97 Å². The van der Waals surface area contributed by atoms with E-state index < -0.39 is 11.4 Å². The summed E-state index contributed by atoms with van der Waals surface area (Å²) in [6, 6.07) is 0.0277. The molecule has 1 heterocycles. The predicted molar refractivity (Wildman–Crippen MR) is 63.8 cm³/mol. The normalized spacial score (nSPS) is 13.7. The Morgan fingerprint density at radius 2 is 2.12 bits per heavy atom. The minimum absolute atomic E-state index is 0.0277. The molecule has 0 spiro atoms. The molecule has 0 aliphatic rings. The van der Waals surface area contributed by atoms with Crippen LogP contribution in [0.15, 0.2) is 4.52 Å². The van der Waals surface area contributed by atoms with Gasteiger partial charge in [0.2, 0.25) is 0 Å². The third kappa shape index (κ3) is 3.06. The van der Waals surface area contributed by atoms with E-state index in [4.69, 9.17) is 9.63 Å². The second-order valence-electron chi connectivity index (χ2n) is 5.03. The zero-order valence-corrected chi connectivity index (χ0v) is 11.0. The summed E-state index contributed by atoms with van der Waals surface area (Å²) in [4.78, 5) is 11.0. The summed E-state index contributed by atoms with van der Waals surface area (Å²) < 4.78 is 5.09. The van der Waals surface area contributed by atoms with Crippen LogP contribution >= 0.6 is 0 Å². The van der Waals surface area contributed by atoms with Crippen LogP contribution in [0.1, 0.15) is 43.8 Å². The Morgan fingerprint density at radius 3 is 2.53 bits per heavy atom. The second-order valence-corrected chi connectivity index (χ2v) is 5.03. The maximum absolute atomic E-state index is 11.0. The second kappa shape index (κ2) is 4.87. The average Bonchev–Trinajstić information content (AvgIpc) is 2.55. The maximum Gasteiger partial charge on any atom is 0.310 e. The first-order valence-corrected chi connectivity index (χ1v) is 5.65. The SMILES string of the molecule is Cc1noc(C)c1C(C)NCC(C)(C)C(=O)O. The van der Waals surface area contributed by atoms with E-state index in [9.17, 15) is 4.79 Å². The van der Waals surface area contributed by atoms with E-state index in [1.807, 2.05) is 20.8 Å². The predicted octanol–water partition coefficient (Wildman–Crippen LogP) is 2.05. The van der Waals surface area contributed by atoms with Crippen molar-refractivity contribution in [1.29, 1.82) is 0 Å². The molecular formula is C12H20N2O3. The number of nitrogens with one attached hydrogen (secondary N) is 1. The van der Waals surface area contributed by atoms with Crippen molar-refractivity contribution in [1.82, 2.24) is 10.5 Å². The molecule has 5 nitrogen and oxygen atoms in total. The van der Waals surface area contributed by atoms with Crippen molar-refractivity contribution < 1.29 is 14.4 Å². The number of carbonyl (C=O) groups is 1. The molecule has 0 radical (unpaired) electrons. The zero-order valence-electron chi connectivity index (χ0n) is 11.0. The Hall–Kier alpha value is -1.36. The lowest BCUT2D eigenvalue weighted by atomic mass is 9.93. The van der Waals surface area contributed by atoms with E-state index in [1.54, 1.807) is 13.8 Å². The van der Waals surface area contributed by atoms with Crippen molar-refractivity contribution in [3.63, 3.8) is 0 Å². The Balaban J connectivity index is 2.68. The first kappa shape index (κ1) is 13.7. The summed E-state index contributed by atoms with van der Waals surface area (Å²) in [5, 5.41) is 16.1. The Morgan fingerprint density at radius 1 is 1.53 bits per heavy atom. The van der Waals surface area contributed by atoms with E-state index >= 15 is 0 Å². The molecule has 1 aromatic heterocycles. The van der Waals surface area contributed by atoms with Gasteiger partial charge in [0.25, 0.3) is 0 Å². The van der Waals surface area contributed by atoms with Crippen molar-refractivity contribution in [3.05, 3.63) is 17.0 Å². The molecule has 0 bridgehead atoms. The van der Waals surface area contributed by atoms with E-state index in [2.05, 4.69) is 10.5 Å². The van der Waals surface area contributed by atoms with Crippen LogP contribution in [0, 0.1) is 19.3 Å². The summed E-state index contributed by atoms with van der Waals surface area (Å²) in [7, 11) is 0. The van der Waals surface area contributed by atoms with Gasteiger partial charge in [0.15, 0.2) is 0 Å². The molecule has 17 heavy (non-hydrogen) atoms. The van der Waals surface area contributed by atoms with Crippen molar-refractivity contribution in [2.75, 3.05) is 6.54 Å². The minimum atomic E-state index is -0.809. The van der Waals surface area contributed by atoms with Crippen molar-refractivity contribution in [3.8, 4) is 0 Å². The fourth-order valence-corrected chi connectivity index (χ4v) is 1.69. The van der Waals surface area contributed by atoms with E-state index in [-0.39, 0.29) is 6.04 Å². The van der Waals surface area contributed by atoms with Gasteiger partial charge in [-0.25, -0.2) is 0 Å². The number of aryl methyl sites for hydroxylation is 2. The molecule has 0 aliphatic carbocycles. The van der Waals surface area contributed by atoms with E-state index in [1.165, 1.54) is 0 Å². The fourth-order valence-electron chi connectivity index (χ4n) is 1.69. The average molecular weight is 240 g/mol. The van der Waals surface area contributed by atoms with Gasteiger partial charge in [-0.1, -0.05) is 5.16 Å². The number of nitrogens with zero attached hydrogens (tertiary/aromatic N) is 1. The maximum atomic E-state index is 11.0. The molecule has 96 valence electrons. The highest BCUT2D eigenvalue weighted by molar-refractivity contribution is 5.73. The van der Waals surface area contributed by atoms with Crippen LogP contribution in [0.3, 0.4) is 0 Å². The zero-order chi connectivity index (χ0) is 13.2. The van der Waals surface area contributed by atoms with Crippen LogP contribution in [0.2, 0.25) is 0 Å². The largest absolute Gasteiger partial charge is 0.481 e. The Bertz CT molecular complexity index is 390. The number of aromatic nitrogens is 1. The molecule has 0 amide bonds. The van der Waals surface area contributed by atoms with Crippen LogP contribution in [0.25, 0.3) is 0 Å². The molecule has 0 fully saturated rings. The van der Waals surface area contributed by atoms with Gasteiger partial charge in [-0.3, -0.25) is 4.79 Å². The van der Waals surface area contributed by atoms with E-state index in [0.29, 0.717) is 6.54 Å². The van der Waals surface area contributed by atoms with Gasteiger partial charge in [-0.15, -0.1) is 0 Å². The molecule has 1 aromatic rings. The summed E-state index contributed by atoms with van der Waals surface area (Å²) >= 11 is 0. The molecule has 5 heteroatoms. The van der Waals surface area contributed by atoms with Gasteiger partial charge in [0, 0.05) is 18.2 Å². The Kier molecular flexibility index (Phi) is 3.93. The molecule has 0 saturated carbocycles. The Labute approximate surface area is 101 Å². The summed E-state index contributed by atoms with van der Waals surface area (Å²) in [6.07, 6.45) is 0. The highest BCUT2D eigenvalue weighted by Crippen LogP contribution is 2.22. The number of carboxylic acid groups (broad SMARTS) is 1. The highest BCUT2D eigenvalue weighted by atomic mass is 16.5. The quantitative estimate of drug-likeness (QED) is 0.823. The topological polar surface area (TPSA) is 75.4 Å². The third-order valence-corrected chi connectivity index (χ3v) is 2.95. The lowest BCUT2D eigenvalue weighted by Gasteiger charge is -2.22. The fraction of sp³-hybridized carbons (Fsp3) is 0.667. The molecule has 1 unspecified atom stereocenters. The van der Waals surface area contributed by atoms with Gasteiger partial charge in [-0.2, -0.15) is 0 Å². The van der Waals surface area contributed by atoms with Crippen LogP contribution in [0.5, 0.6) is 0 Å². The van der Waals surface area contributed by atoms with Crippen LogP contribution in [-0.2, 0) is 4.79 Å². The van der Waals surface area contributed by atoms with Gasteiger partial charge in [0.05, 0.1) is 11.1 Å². The van der Waals surface area contributed by atoms with Crippen LogP contribution in [0.4, 0.5) is 0 Å². The molecule has 0 aliphatic heterocycles. The monoisotopic (exact) mass is 240 g/mol. The van der Waals surface area contributed by atoms with Gasteiger partial charge in [-0.05, 0) is 34.6 Å².